The minimum absolute atomic E-state index is 0.000498. The molecule has 3 rings (SSSR count). The van der Waals surface area contributed by atoms with Gasteiger partial charge in [0.1, 0.15) is 0 Å². The topological polar surface area (TPSA) is 66.5 Å². The van der Waals surface area contributed by atoms with Crippen LogP contribution in [0.1, 0.15) is 55.3 Å². The summed E-state index contributed by atoms with van der Waals surface area (Å²) in [5.74, 6) is -2.40. The highest BCUT2D eigenvalue weighted by Gasteiger charge is 2.46. The van der Waals surface area contributed by atoms with Gasteiger partial charge in [-0.05, 0) is 43.9 Å². The van der Waals surface area contributed by atoms with Crippen LogP contribution < -0.4 is 5.32 Å². The van der Waals surface area contributed by atoms with Crippen LogP contribution >= 0.6 is 11.6 Å². The number of nitrogens with zero attached hydrogens (tertiary/aromatic N) is 1. The highest BCUT2D eigenvalue weighted by molar-refractivity contribution is 7.89. The fourth-order valence-electron chi connectivity index (χ4n) is 4.03. The first-order valence-electron chi connectivity index (χ1n) is 9.78. The van der Waals surface area contributed by atoms with Crippen LogP contribution in [-0.2, 0) is 10.0 Å². The van der Waals surface area contributed by atoms with Crippen LogP contribution in [-0.4, -0.2) is 43.9 Å². The molecule has 1 aromatic rings. The molecule has 5 nitrogen and oxygen atoms in total. The lowest BCUT2D eigenvalue weighted by Gasteiger charge is -2.33. The van der Waals surface area contributed by atoms with Gasteiger partial charge < -0.3 is 5.32 Å². The zero-order chi connectivity index (χ0) is 21.2. The van der Waals surface area contributed by atoms with Crippen molar-refractivity contribution < 1.29 is 26.4 Å². The van der Waals surface area contributed by atoms with Gasteiger partial charge in [-0.15, -0.1) is 0 Å². The third-order valence-corrected chi connectivity index (χ3v) is 7.86. The second kappa shape index (κ2) is 8.81. The van der Waals surface area contributed by atoms with Crippen LogP contribution in [0.25, 0.3) is 0 Å². The molecule has 2 aliphatic rings. The second-order valence-electron chi connectivity index (χ2n) is 7.62. The van der Waals surface area contributed by atoms with Crippen molar-refractivity contribution in [2.45, 2.75) is 62.1 Å². The van der Waals surface area contributed by atoms with Gasteiger partial charge in [-0.2, -0.15) is 17.5 Å². The number of rotatable bonds is 4. The molecule has 1 saturated carbocycles. The molecule has 0 bridgehead atoms. The molecule has 1 saturated heterocycles. The van der Waals surface area contributed by atoms with Gasteiger partial charge in [-0.3, -0.25) is 4.79 Å². The average Bonchev–Trinajstić information content (AvgIpc) is 2.68. The summed E-state index contributed by atoms with van der Waals surface area (Å²) in [6.07, 6.45) is -0.675. The zero-order valence-electron chi connectivity index (χ0n) is 15.8. The Morgan fingerprint density at radius 1 is 1.07 bits per heavy atom. The summed E-state index contributed by atoms with van der Waals surface area (Å²) in [5.41, 5.74) is -0.128. The molecule has 0 spiro atoms. The van der Waals surface area contributed by atoms with Crippen LogP contribution in [0.4, 0.5) is 13.2 Å². The predicted molar refractivity (Wildman–Crippen MR) is 103 cm³/mol. The van der Waals surface area contributed by atoms with E-state index in [4.69, 9.17) is 11.6 Å². The lowest BCUT2D eigenvalue weighted by molar-refractivity contribution is -0.187. The Bertz CT molecular complexity index is 855. The highest BCUT2D eigenvalue weighted by atomic mass is 35.5. The fourth-order valence-corrected chi connectivity index (χ4v) is 5.78. The summed E-state index contributed by atoms with van der Waals surface area (Å²) in [4.78, 5) is 12.6. The van der Waals surface area contributed by atoms with E-state index in [1.807, 2.05) is 0 Å². The SMILES string of the molecule is O=C(NC1CCCCC1C(F)(F)F)c1cc(S(=O)(=O)N2CCCCC2)ccc1Cl. The van der Waals surface area contributed by atoms with Crippen molar-refractivity contribution >= 4 is 27.5 Å². The van der Waals surface area contributed by atoms with Gasteiger partial charge in [-0.1, -0.05) is 30.9 Å². The maximum absolute atomic E-state index is 13.3. The minimum atomic E-state index is -4.40. The summed E-state index contributed by atoms with van der Waals surface area (Å²) < 4.78 is 66.9. The van der Waals surface area contributed by atoms with Crippen LogP contribution in [0.3, 0.4) is 0 Å². The van der Waals surface area contributed by atoms with Gasteiger partial charge in [0.2, 0.25) is 10.0 Å². The van der Waals surface area contributed by atoms with Gasteiger partial charge in [0.25, 0.3) is 5.91 Å². The number of piperidine rings is 1. The molecule has 1 aromatic carbocycles. The molecule has 10 heteroatoms. The maximum atomic E-state index is 13.3. The maximum Gasteiger partial charge on any atom is 0.393 e. The molecular formula is C19H24ClF3N2O3S. The molecule has 1 N–H and O–H groups in total. The molecule has 2 fully saturated rings. The number of hydrogen-bond acceptors (Lipinski definition) is 3. The van der Waals surface area contributed by atoms with Crippen molar-refractivity contribution in [2.24, 2.45) is 5.92 Å². The van der Waals surface area contributed by atoms with Crippen molar-refractivity contribution in [1.29, 1.82) is 0 Å². The third kappa shape index (κ3) is 5.06. The Morgan fingerprint density at radius 3 is 2.38 bits per heavy atom. The molecule has 1 amide bonds. The van der Waals surface area contributed by atoms with Crippen molar-refractivity contribution in [3.8, 4) is 0 Å². The molecule has 1 aliphatic heterocycles. The van der Waals surface area contributed by atoms with Crippen molar-refractivity contribution in [1.82, 2.24) is 9.62 Å². The standard InChI is InChI=1S/C19H24ClF3N2O3S/c20-16-9-8-13(29(27,28)25-10-4-1-5-11-25)12-14(16)18(26)24-17-7-3-2-6-15(17)19(21,22)23/h8-9,12,15,17H,1-7,10-11H2,(H,24,26). The fraction of sp³-hybridized carbons (Fsp3) is 0.632. The smallest absolute Gasteiger partial charge is 0.349 e. The van der Waals surface area contributed by atoms with Crippen LogP contribution in [0.2, 0.25) is 5.02 Å². The van der Waals surface area contributed by atoms with E-state index in [9.17, 15) is 26.4 Å². The molecule has 0 radical (unpaired) electrons. The van der Waals surface area contributed by atoms with Gasteiger partial charge in [0.15, 0.2) is 0 Å². The first-order valence-corrected chi connectivity index (χ1v) is 11.6. The number of halogens is 4. The zero-order valence-corrected chi connectivity index (χ0v) is 17.4. The molecule has 2 unspecified atom stereocenters. The van der Waals surface area contributed by atoms with Crippen LogP contribution in [0.15, 0.2) is 23.1 Å². The Morgan fingerprint density at radius 2 is 1.72 bits per heavy atom. The Balaban J connectivity index is 1.83. The quantitative estimate of drug-likeness (QED) is 0.737. The third-order valence-electron chi connectivity index (χ3n) is 5.64. The first-order chi connectivity index (χ1) is 13.6. The lowest BCUT2D eigenvalue weighted by atomic mass is 9.84. The molecule has 1 aliphatic carbocycles. The van der Waals surface area contributed by atoms with Crippen molar-refractivity contribution in [3.05, 3.63) is 28.8 Å². The lowest BCUT2D eigenvalue weighted by Crippen LogP contribution is -2.47. The van der Waals surface area contributed by atoms with Crippen molar-refractivity contribution in [3.63, 3.8) is 0 Å². The van der Waals surface area contributed by atoms with E-state index in [0.717, 1.165) is 25.3 Å². The van der Waals surface area contributed by atoms with Gasteiger partial charge >= 0.3 is 6.18 Å². The summed E-state index contributed by atoms with van der Waals surface area (Å²) in [7, 11) is -3.79. The number of sulfonamides is 1. The molecule has 2 atom stereocenters. The summed E-state index contributed by atoms with van der Waals surface area (Å²) in [5, 5.41) is 2.44. The van der Waals surface area contributed by atoms with E-state index < -0.39 is 34.1 Å². The number of carbonyl (C=O) groups excluding carboxylic acids is 1. The molecule has 29 heavy (non-hydrogen) atoms. The highest BCUT2D eigenvalue weighted by Crippen LogP contribution is 2.38. The number of alkyl halides is 3. The van der Waals surface area contributed by atoms with E-state index in [0.29, 0.717) is 25.9 Å². The second-order valence-corrected chi connectivity index (χ2v) is 9.96. The van der Waals surface area contributed by atoms with Crippen molar-refractivity contribution in [2.75, 3.05) is 13.1 Å². The van der Waals surface area contributed by atoms with E-state index in [1.165, 1.54) is 16.4 Å². The average molecular weight is 453 g/mol. The molecule has 1 heterocycles. The predicted octanol–water partition coefficient (Wildman–Crippen LogP) is 4.37. The van der Waals surface area contributed by atoms with Gasteiger partial charge in [-0.25, -0.2) is 8.42 Å². The minimum Gasteiger partial charge on any atom is -0.349 e. The van der Waals surface area contributed by atoms with Gasteiger partial charge in [0, 0.05) is 19.1 Å². The van der Waals surface area contributed by atoms with E-state index in [-0.39, 0.29) is 28.3 Å². The number of nitrogens with one attached hydrogen (secondary N) is 1. The largest absolute Gasteiger partial charge is 0.393 e. The Kier molecular flexibility index (Phi) is 6.80. The van der Waals surface area contributed by atoms with Gasteiger partial charge in [0.05, 0.1) is 21.4 Å². The monoisotopic (exact) mass is 452 g/mol. The molecule has 0 aromatic heterocycles. The van der Waals surface area contributed by atoms with E-state index in [2.05, 4.69) is 5.32 Å². The number of hydrogen-bond donors (Lipinski definition) is 1. The summed E-state index contributed by atoms with van der Waals surface area (Å²) in [6.45, 7) is 0.809. The Hall–Kier alpha value is -1.32. The normalized spacial score (nSPS) is 24.3. The van der Waals surface area contributed by atoms with Crippen LogP contribution in [0, 0.1) is 5.92 Å². The summed E-state index contributed by atoms with van der Waals surface area (Å²) >= 11 is 6.08. The summed E-state index contributed by atoms with van der Waals surface area (Å²) in [6, 6.07) is 2.74. The Labute approximate surface area is 173 Å². The number of carbonyl (C=O) groups is 1. The first kappa shape index (κ1) is 22.4. The van der Waals surface area contributed by atoms with E-state index >= 15 is 0 Å². The van der Waals surface area contributed by atoms with Crippen LogP contribution in [0.5, 0.6) is 0 Å². The number of amides is 1. The molecular weight excluding hydrogens is 429 g/mol. The van der Waals surface area contributed by atoms with E-state index in [1.54, 1.807) is 0 Å². The molecule has 162 valence electrons. The number of benzene rings is 1.